The number of anilines is 1. The third kappa shape index (κ3) is 8.97. The van der Waals surface area contributed by atoms with E-state index in [1.54, 1.807) is 12.1 Å². The average molecular weight is 729 g/mol. The van der Waals surface area contributed by atoms with Crippen molar-refractivity contribution in [2.24, 2.45) is 5.41 Å². The van der Waals surface area contributed by atoms with Crippen LogP contribution >= 0.6 is 11.6 Å². The number of piperazine rings is 1. The van der Waals surface area contributed by atoms with Gasteiger partial charge in [-0.25, -0.2) is 13.1 Å². The van der Waals surface area contributed by atoms with E-state index in [0.29, 0.717) is 0 Å². The number of hydrogen-bond donors (Lipinski definition) is 1. The average Bonchev–Trinajstić information content (AvgIpc) is 3.12. The van der Waals surface area contributed by atoms with Crippen molar-refractivity contribution >= 4 is 44.5 Å². The van der Waals surface area contributed by atoms with Gasteiger partial charge in [0.15, 0.2) is 5.75 Å². The van der Waals surface area contributed by atoms with Crippen LogP contribution in [-0.2, 0) is 16.6 Å². The van der Waals surface area contributed by atoms with E-state index in [0.717, 1.165) is 74.3 Å². The number of nitro groups is 1. The van der Waals surface area contributed by atoms with E-state index >= 15 is 0 Å². The number of carbonyl (C=O) groups excluding carboxylic acids is 1. The Bertz CT molecular complexity index is 2030. The number of rotatable bonds is 11. The molecule has 0 unspecified atom stereocenters. The number of nitro benzene ring substituents is 1. The molecule has 2 aliphatic rings. The summed E-state index contributed by atoms with van der Waals surface area (Å²) in [5.41, 5.74) is 5.50. The van der Waals surface area contributed by atoms with Gasteiger partial charge in [0.05, 0.1) is 9.82 Å². The molecule has 51 heavy (non-hydrogen) atoms. The molecule has 0 saturated carbocycles. The molecule has 4 aromatic rings. The largest absolute Gasteiger partial charge is 0.482 e. The molecule has 1 fully saturated rings. The first-order valence-electron chi connectivity index (χ1n) is 16.9. The molecule has 1 N–H and O–H groups in total. The molecular formula is C39H41ClN4O6S. The molecule has 266 valence electrons. The van der Waals surface area contributed by atoms with Gasteiger partial charge in [0, 0.05) is 55.1 Å². The summed E-state index contributed by atoms with van der Waals surface area (Å²) < 4.78 is 33.9. The van der Waals surface area contributed by atoms with Crippen molar-refractivity contribution in [1.82, 2.24) is 9.62 Å². The zero-order valence-corrected chi connectivity index (χ0v) is 30.3. The maximum Gasteiger partial charge on any atom is 0.311 e. The van der Waals surface area contributed by atoms with Gasteiger partial charge in [-0.05, 0) is 89.9 Å². The zero-order chi connectivity index (χ0) is 36.2. The number of sulfonamides is 1. The van der Waals surface area contributed by atoms with E-state index in [2.05, 4.69) is 35.8 Å². The first-order chi connectivity index (χ1) is 24.4. The highest BCUT2D eigenvalue weighted by Gasteiger charge is 2.30. The molecular weight excluding hydrogens is 688 g/mol. The van der Waals surface area contributed by atoms with Gasteiger partial charge in [0.25, 0.3) is 15.9 Å². The summed E-state index contributed by atoms with van der Waals surface area (Å²) in [7, 11) is -4.25. The lowest BCUT2D eigenvalue weighted by Gasteiger charge is -2.39. The Morgan fingerprint density at radius 3 is 2.29 bits per heavy atom. The molecule has 0 spiro atoms. The Labute approximate surface area is 303 Å². The van der Waals surface area contributed by atoms with Gasteiger partial charge in [-0.3, -0.25) is 19.8 Å². The van der Waals surface area contributed by atoms with E-state index in [9.17, 15) is 23.3 Å². The highest BCUT2D eigenvalue weighted by molar-refractivity contribution is 7.90. The summed E-state index contributed by atoms with van der Waals surface area (Å²) >= 11 is 6.18. The minimum Gasteiger partial charge on any atom is -0.482 e. The summed E-state index contributed by atoms with van der Waals surface area (Å²) in [5.74, 6) is -1.01. The summed E-state index contributed by atoms with van der Waals surface area (Å²) in [6.45, 7) is 9.02. The lowest BCUT2D eigenvalue weighted by atomic mass is 9.72. The van der Waals surface area contributed by atoms with E-state index in [-0.39, 0.29) is 28.2 Å². The Kier molecular flexibility index (Phi) is 10.8. The van der Waals surface area contributed by atoms with Crippen LogP contribution in [0, 0.1) is 15.5 Å². The fourth-order valence-corrected chi connectivity index (χ4v) is 7.73. The van der Waals surface area contributed by atoms with Crippen molar-refractivity contribution in [2.75, 3.05) is 37.6 Å². The molecule has 1 amide bonds. The number of ether oxygens (including phenoxy) is 1. The number of hydrogen-bond acceptors (Lipinski definition) is 8. The van der Waals surface area contributed by atoms with Crippen molar-refractivity contribution in [2.45, 2.75) is 44.6 Å². The van der Waals surface area contributed by atoms with Crippen LogP contribution in [0.15, 0.2) is 108 Å². The van der Waals surface area contributed by atoms with Crippen molar-refractivity contribution in [3.8, 4) is 5.75 Å². The molecule has 1 aliphatic heterocycles. The van der Waals surface area contributed by atoms with Gasteiger partial charge in [0.1, 0.15) is 6.61 Å². The Morgan fingerprint density at radius 2 is 1.63 bits per heavy atom. The fourth-order valence-electron chi connectivity index (χ4n) is 6.63. The number of nitrogens with one attached hydrogen (secondary N) is 1. The van der Waals surface area contributed by atoms with E-state index in [4.69, 9.17) is 16.3 Å². The molecule has 0 aromatic heterocycles. The smallest absolute Gasteiger partial charge is 0.311 e. The topological polar surface area (TPSA) is 122 Å². The van der Waals surface area contributed by atoms with Crippen molar-refractivity contribution < 1.29 is 22.9 Å². The highest BCUT2D eigenvalue weighted by Crippen LogP contribution is 2.43. The third-order valence-corrected chi connectivity index (χ3v) is 11.2. The van der Waals surface area contributed by atoms with Crippen molar-refractivity contribution in [3.63, 3.8) is 0 Å². The summed E-state index contributed by atoms with van der Waals surface area (Å²) in [5, 5.41) is 12.5. The van der Waals surface area contributed by atoms with Gasteiger partial charge in [0.2, 0.25) is 0 Å². The number of allylic oxidation sites excluding steroid dienone is 1. The second-order valence-electron chi connectivity index (χ2n) is 13.8. The number of nitrogens with zero attached hydrogens (tertiary/aromatic N) is 3. The van der Waals surface area contributed by atoms with Crippen LogP contribution in [0.4, 0.5) is 11.4 Å². The quantitative estimate of drug-likeness (QED) is 0.123. The van der Waals surface area contributed by atoms with Crippen molar-refractivity contribution in [1.29, 1.82) is 0 Å². The number of carbonyl (C=O) groups is 1. The van der Waals surface area contributed by atoms with Gasteiger partial charge in [-0.15, -0.1) is 0 Å². The fraction of sp³-hybridized carbons (Fsp3) is 0.308. The monoisotopic (exact) mass is 728 g/mol. The van der Waals surface area contributed by atoms with Crippen LogP contribution in [0.25, 0.3) is 5.57 Å². The molecule has 0 bridgehead atoms. The maximum absolute atomic E-state index is 13.1. The van der Waals surface area contributed by atoms with Crippen LogP contribution in [0.2, 0.25) is 5.02 Å². The molecule has 10 nitrogen and oxygen atoms in total. The predicted molar refractivity (Wildman–Crippen MR) is 200 cm³/mol. The van der Waals surface area contributed by atoms with Gasteiger partial charge < -0.3 is 9.64 Å². The van der Waals surface area contributed by atoms with Crippen LogP contribution in [0.3, 0.4) is 0 Å². The third-order valence-electron chi connectivity index (χ3n) is 9.56. The highest BCUT2D eigenvalue weighted by atomic mass is 35.5. The van der Waals surface area contributed by atoms with Gasteiger partial charge in [-0.2, -0.15) is 0 Å². The van der Waals surface area contributed by atoms with Crippen LogP contribution in [0.5, 0.6) is 5.75 Å². The molecule has 12 heteroatoms. The first-order valence-corrected chi connectivity index (χ1v) is 18.8. The lowest BCUT2D eigenvalue weighted by Crippen LogP contribution is -2.47. The Balaban J connectivity index is 1.06. The van der Waals surface area contributed by atoms with Gasteiger partial charge in [-0.1, -0.05) is 73.5 Å². The Hall–Kier alpha value is -4.71. The number of amides is 1. The standard InChI is InChI=1S/C39H41ClN4O6S/c1-39(2)19-18-31(35(25-39)29-8-11-32(40)12-9-29)26-42-20-22-43(23-21-42)33-13-15-34(16-14-33)51(48,49)41-38(45)30-10-17-37(36(24-30)44(46)47)50-27-28-6-4-3-5-7-28/h3-17,24H,18-23,25-27H2,1-2H3,(H,41,45). The molecule has 1 saturated heterocycles. The molecule has 4 aromatic carbocycles. The number of halogens is 1. The second-order valence-corrected chi connectivity index (χ2v) is 16.0. The zero-order valence-electron chi connectivity index (χ0n) is 28.7. The summed E-state index contributed by atoms with van der Waals surface area (Å²) in [6.07, 6.45) is 3.27. The van der Waals surface area contributed by atoms with E-state index in [1.807, 2.05) is 47.2 Å². The van der Waals surface area contributed by atoms with E-state index in [1.165, 1.54) is 41.0 Å². The normalized spacial score (nSPS) is 16.5. The first kappa shape index (κ1) is 36.1. The number of benzene rings is 4. The van der Waals surface area contributed by atoms with E-state index < -0.39 is 26.5 Å². The van der Waals surface area contributed by atoms with Gasteiger partial charge >= 0.3 is 5.69 Å². The molecule has 0 atom stereocenters. The maximum atomic E-state index is 13.1. The molecule has 6 rings (SSSR count). The van der Waals surface area contributed by atoms with Crippen LogP contribution < -0.4 is 14.4 Å². The van der Waals surface area contributed by atoms with Crippen LogP contribution in [0.1, 0.15) is 54.6 Å². The van der Waals surface area contributed by atoms with Crippen LogP contribution in [-0.4, -0.2) is 56.9 Å². The SMILES string of the molecule is CC1(C)CCC(CN2CCN(c3ccc(S(=O)(=O)NC(=O)c4ccc(OCc5ccccc5)c([N+](=O)[O-])c4)cc3)CC2)=C(c2ccc(Cl)cc2)C1. The molecule has 1 aliphatic carbocycles. The predicted octanol–water partition coefficient (Wildman–Crippen LogP) is 7.73. The Morgan fingerprint density at radius 1 is 0.941 bits per heavy atom. The summed E-state index contributed by atoms with van der Waals surface area (Å²) in [4.78, 5) is 28.7. The lowest BCUT2D eigenvalue weighted by molar-refractivity contribution is -0.386. The molecule has 1 heterocycles. The minimum atomic E-state index is -4.25. The molecule has 0 radical (unpaired) electrons. The van der Waals surface area contributed by atoms with Crippen molar-refractivity contribution in [3.05, 3.63) is 134 Å². The summed E-state index contributed by atoms with van der Waals surface area (Å²) in [6, 6.07) is 27.3. The second kappa shape index (κ2) is 15.3. The minimum absolute atomic E-state index is 0.0301.